The summed E-state index contributed by atoms with van der Waals surface area (Å²) in [6.07, 6.45) is 2.59. The van der Waals surface area contributed by atoms with Crippen LogP contribution in [-0.2, 0) is 0 Å². The third-order valence-electron chi connectivity index (χ3n) is 0.767. The quantitative estimate of drug-likeness (QED) is 0.461. The third kappa shape index (κ3) is 1.19. The smallest absolute Gasteiger partial charge is 0.0324 e. The SMILES string of the molecule is [CH]1CCCNS1. The van der Waals surface area contributed by atoms with Crippen molar-refractivity contribution in [3.05, 3.63) is 5.75 Å². The van der Waals surface area contributed by atoms with E-state index in [1.807, 2.05) is 0 Å². The second kappa shape index (κ2) is 2.48. The van der Waals surface area contributed by atoms with Crippen LogP contribution in [-0.4, -0.2) is 6.54 Å². The largest absolute Gasteiger partial charge is 0.264 e. The van der Waals surface area contributed by atoms with Crippen molar-refractivity contribution in [2.45, 2.75) is 12.8 Å². The van der Waals surface area contributed by atoms with Crippen LogP contribution in [0.25, 0.3) is 0 Å². The van der Waals surface area contributed by atoms with Gasteiger partial charge in [-0.05, 0) is 12.8 Å². The summed E-state index contributed by atoms with van der Waals surface area (Å²) in [5, 5.41) is 0. The van der Waals surface area contributed by atoms with E-state index >= 15 is 0 Å². The molecule has 0 atom stereocenters. The molecule has 1 fully saturated rings. The van der Waals surface area contributed by atoms with Crippen molar-refractivity contribution < 1.29 is 0 Å². The average Bonchev–Trinajstić information content (AvgIpc) is 1.72. The summed E-state index contributed by atoms with van der Waals surface area (Å²) < 4.78 is 3.15. The molecule has 1 saturated heterocycles. The molecule has 0 amide bonds. The Labute approximate surface area is 42.6 Å². The van der Waals surface area contributed by atoms with Crippen LogP contribution in [0.3, 0.4) is 0 Å². The van der Waals surface area contributed by atoms with Crippen molar-refractivity contribution in [2.75, 3.05) is 6.54 Å². The first kappa shape index (κ1) is 4.47. The Bertz CT molecular complexity index is 23.0. The van der Waals surface area contributed by atoms with Gasteiger partial charge >= 0.3 is 0 Å². The molecule has 0 aliphatic carbocycles. The Kier molecular flexibility index (Phi) is 1.85. The highest BCUT2D eigenvalue weighted by Crippen LogP contribution is 2.10. The van der Waals surface area contributed by atoms with E-state index < -0.39 is 0 Å². The van der Waals surface area contributed by atoms with E-state index in [1.165, 1.54) is 19.4 Å². The molecular formula is C4H8NS. The van der Waals surface area contributed by atoms with Crippen molar-refractivity contribution >= 4 is 11.9 Å². The maximum atomic E-state index is 3.15. The molecule has 35 valence electrons. The topological polar surface area (TPSA) is 12.0 Å². The van der Waals surface area contributed by atoms with Crippen LogP contribution in [0.1, 0.15) is 12.8 Å². The predicted octanol–water partition coefficient (Wildman–Crippen LogP) is 1.18. The van der Waals surface area contributed by atoms with Crippen LogP contribution in [0, 0.1) is 5.75 Å². The molecule has 6 heavy (non-hydrogen) atoms. The lowest BCUT2D eigenvalue weighted by molar-refractivity contribution is 0.786. The Hall–Kier alpha value is 0.310. The van der Waals surface area contributed by atoms with Gasteiger partial charge in [-0.15, -0.1) is 0 Å². The van der Waals surface area contributed by atoms with Gasteiger partial charge in [0, 0.05) is 12.3 Å². The third-order valence-corrected chi connectivity index (χ3v) is 1.54. The molecule has 1 nitrogen and oxygen atoms in total. The molecule has 0 aromatic heterocycles. The van der Waals surface area contributed by atoms with Gasteiger partial charge in [0.05, 0.1) is 0 Å². The van der Waals surface area contributed by atoms with Gasteiger partial charge in [0.25, 0.3) is 0 Å². The summed E-state index contributed by atoms with van der Waals surface area (Å²) in [5.74, 6) is 2.20. The highest BCUT2D eigenvalue weighted by molar-refractivity contribution is 7.99. The second-order valence-corrected chi connectivity index (χ2v) is 2.18. The zero-order valence-electron chi connectivity index (χ0n) is 3.61. The highest BCUT2D eigenvalue weighted by atomic mass is 32.2. The number of rotatable bonds is 0. The molecule has 0 bridgehead atoms. The van der Waals surface area contributed by atoms with Crippen molar-refractivity contribution in [3.8, 4) is 0 Å². The summed E-state index contributed by atoms with van der Waals surface area (Å²) in [6, 6.07) is 0. The highest BCUT2D eigenvalue weighted by Gasteiger charge is 1.94. The maximum absolute atomic E-state index is 3.15. The molecule has 1 N–H and O–H groups in total. The second-order valence-electron chi connectivity index (χ2n) is 1.32. The molecule has 0 saturated carbocycles. The lowest BCUT2D eigenvalue weighted by Gasteiger charge is -2.07. The first-order valence-corrected chi connectivity index (χ1v) is 3.08. The van der Waals surface area contributed by atoms with Crippen molar-refractivity contribution in [2.24, 2.45) is 0 Å². The first-order valence-electron chi connectivity index (χ1n) is 2.20. The van der Waals surface area contributed by atoms with Gasteiger partial charge in [-0.2, -0.15) is 0 Å². The van der Waals surface area contributed by atoms with E-state index in [1.54, 1.807) is 11.9 Å². The minimum Gasteiger partial charge on any atom is -0.264 e. The van der Waals surface area contributed by atoms with Crippen LogP contribution in [0.15, 0.2) is 0 Å². The Morgan fingerprint density at radius 3 is 2.83 bits per heavy atom. The standard InChI is InChI=1S/C4H8NS/c1-2-4-6-5-3-1/h4-5H,1-3H2. The van der Waals surface area contributed by atoms with Gasteiger partial charge in [-0.25, -0.2) is 0 Å². The van der Waals surface area contributed by atoms with E-state index in [2.05, 4.69) is 10.5 Å². The lowest BCUT2D eigenvalue weighted by Crippen LogP contribution is -2.09. The van der Waals surface area contributed by atoms with Crippen molar-refractivity contribution in [1.82, 2.24) is 4.72 Å². The molecule has 2 heteroatoms. The lowest BCUT2D eigenvalue weighted by atomic mass is 10.3. The summed E-state index contributed by atoms with van der Waals surface area (Å²) in [6.45, 7) is 1.18. The van der Waals surface area contributed by atoms with Gasteiger partial charge in [-0.1, -0.05) is 11.9 Å². The molecule has 1 heterocycles. The van der Waals surface area contributed by atoms with Crippen LogP contribution >= 0.6 is 11.9 Å². The van der Waals surface area contributed by atoms with E-state index in [9.17, 15) is 0 Å². The van der Waals surface area contributed by atoms with E-state index in [-0.39, 0.29) is 0 Å². The van der Waals surface area contributed by atoms with Crippen molar-refractivity contribution in [3.63, 3.8) is 0 Å². The summed E-state index contributed by atoms with van der Waals surface area (Å²) in [5.41, 5.74) is 0. The molecule has 0 aromatic carbocycles. The molecule has 1 aliphatic rings. The van der Waals surface area contributed by atoms with Crippen LogP contribution in [0.4, 0.5) is 0 Å². The maximum Gasteiger partial charge on any atom is 0.0324 e. The minimum absolute atomic E-state index is 1.18. The zero-order valence-corrected chi connectivity index (χ0v) is 4.42. The molecule has 0 unspecified atom stereocenters. The zero-order chi connectivity index (χ0) is 4.24. The van der Waals surface area contributed by atoms with Gasteiger partial charge in [-0.3, -0.25) is 4.72 Å². The van der Waals surface area contributed by atoms with Gasteiger partial charge in [0.1, 0.15) is 0 Å². The number of hydrogen-bond acceptors (Lipinski definition) is 2. The van der Waals surface area contributed by atoms with Crippen molar-refractivity contribution in [1.29, 1.82) is 0 Å². The average molecular weight is 102 g/mol. The molecule has 1 aliphatic heterocycles. The number of hydrogen-bond donors (Lipinski definition) is 1. The molecule has 0 spiro atoms. The van der Waals surface area contributed by atoms with Crippen LogP contribution < -0.4 is 4.72 Å². The fraction of sp³-hybridized carbons (Fsp3) is 0.750. The molecule has 1 rings (SSSR count). The molecular weight excluding hydrogens is 94.1 g/mol. The van der Waals surface area contributed by atoms with Crippen LogP contribution in [0.5, 0.6) is 0 Å². The van der Waals surface area contributed by atoms with E-state index in [4.69, 9.17) is 0 Å². The van der Waals surface area contributed by atoms with E-state index in [0.717, 1.165) is 0 Å². The van der Waals surface area contributed by atoms with Gasteiger partial charge in [0.15, 0.2) is 0 Å². The van der Waals surface area contributed by atoms with Gasteiger partial charge in [0.2, 0.25) is 0 Å². The Morgan fingerprint density at radius 1 is 1.67 bits per heavy atom. The minimum atomic E-state index is 1.18. The first-order chi connectivity index (χ1) is 3.00. The summed E-state index contributed by atoms with van der Waals surface area (Å²) in [7, 11) is 0. The fourth-order valence-corrected chi connectivity index (χ4v) is 1.10. The Morgan fingerprint density at radius 2 is 2.67 bits per heavy atom. The van der Waals surface area contributed by atoms with Gasteiger partial charge < -0.3 is 0 Å². The number of nitrogens with one attached hydrogen (secondary N) is 1. The summed E-state index contributed by atoms with van der Waals surface area (Å²) >= 11 is 1.72. The van der Waals surface area contributed by atoms with Crippen LogP contribution in [0.2, 0.25) is 0 Å². The Balaban J connectivity index is 2.00. The molecule has 1 radical (unpaired) electrons. The summed E-state index contributed by atoms with van der Waals surface area (Å²) in [4.78, 5) is 0. The normalized spacial score (nSPS) is 24.0. The van der Waals surface area contributed by atoms with E-state index in [0.29, 0.717) is 0 Å². The molecule has 0 aromatic rings. The predicted molar refractivity (Wildman–Crippen MR) is 29.1 cm³/mol. The fourth-order valence-electron chi connectivity index (χ4n) is 0.434. The monoisotopic (exact) mass is 102 g/mol.